The molecule has 4 aromatic rings. The van der Waals surface area contributed by atoms with Crippen LogP contribution in [0.15, 0.2) is 47.6 Å². The molecule has 6 rings (SSSR count). The first-order valence-corrected chi connectivity index (χ1v) is 14.1. The third-order valence-electron chi connectivity index (χ3n) is 8.34. The molecule has 2 saturated heterocycles. The zero-order valence-corrected chi connectivity index (χ0v) is 23.7. The lowest BCUT2D eigenvalue weighted by molar-refractivity contribution is -0.128. The molecule has 0 saturated carbocycles. The summed E-state index contributed by atoms with van der Waals surface area (Å²) < 4.78 is 41.7. The van der Waals surface area contributed by atoms with Crippen molar-refractivity contribution < 1.29 is 22.7 Å². The van der Waals surface area contributed by atoms with Gasteiger partial charge in [-0.25, -0.2) is 8.78 Å². The van der Waals surface area contributed by atoms with E-state index in [1.54, 1.807) is 17.0 Å². The second kappa shape index (κ2) is 11.5. The Bertz CT molecular complexity index is 1770. The van der Waals surface area contributed by atoms with E-state index in [4.69, 9.17) is 24.9 Å². The maximum absolute atomic E-state index is 15.1. The van der Waals surface area contributed by atoms with Crippen molar-refractivity contribution in [3.05, 3.63) is 54.8 Å². The molecule has 0 aliphatic carbocycles. The van der Waals surface area contributed by atoms with Gasteiger partial charge in [0.2, 0.25) is 5.91 Å². The number of benzene rings is 2. The fourth-order valence-electron chi connectivity index (χ4n) is 6.11. The molecule has 0 radical (unpaired) electrons. The van der Waals surface area contributed by atoms with Crippen LogP contribution in [0.4, 0.5) is 20.3 Å². The van der Waals surface area contributed by atoms with Crippen molar-refractivity contribution in [3.63, 3.8) is 0 Å². The number of furan rings is 1. The van der Waals surface area contributed by atoms with E-state index in [0.29, 0.717) is 59.5 Å². The van der Waals surface area contributed by atoms with Crippen LogP contribution >= 0.6 is 0 Å². The summed E-state index contributed by atoms with van der Waals surface area (Å²) in [6, 6.07) is 7.76. The summed E-state index contributed by atoms with van der Waals surface area (Å²) in [5.74, 6) is -1.84. The van der Waals surface area contributed by atoms with Gasteiger partial charge in [0.05, 0.1) is 35.7 Å². The topological polar surface area (TPSA) is 125 Å². The van der Waals surface area contributed by atoms with Crippen LogP contribution < -0.4 is 15.4 Å². The normalized spacial score (nSPS) is 19.2. The van der Waals surface area contributed by atoms with Crippen LogP contribution in [0.25, 0.3) is 33.0 Å². The Kier molecular flexibility index (Phi) is 7.58. The Morgan fingerprint density at radius 3 is 2.81 bits per heavy atom. The number of likely N-dealkylation sites (N-methyl/N-ethyl adjacent to an activating group) is 1. The zero-order chi connectivity index (χ0) is 30.2. The molecular formula is C31H31F2N7O3. The molecule has 0 unspecified atom stereocenters. The molecule has 2 aromatic carbocycles. The lowest BCUT2D eigenvalue weighted by Crippen LogP contribution is -2.55. The molecule has 12 heteroatoms. The van der Waals surface area contributed by atoms with Gasteiger partial charge in [-0.2, -0.15) is 15.2 Å². The highest BCUT2D eigenvalue weighted by atomic mass is 19.2. The number of rotatable bonds is 7. The fraction of sp³-hybridized carbons (Fsp3) is 0.355. The number of nitrogen functional groups attached to an aromatic ring is 1. The molecule has 10 nitrogen and oxygen atoms in total. The summed E-state index contributed by atoms with van der Waals surface area (Å²) in [5, 5.41) is 10.6. The summed E-state index contributed by atoms with van der Waals surface area (Å²) in [6.45, 7) is 6.04. The number of hydrogen-bond acceptors (Lipinski definition) is 9. The van der Waals surface area contributed by atoms with Crippen LogP contribution in [0, 0.1) is 23.0 Å². The number of halogens is 2. The summed E-state index contributed by atoms with van der Waals surface area (Å²) in [5.41, 5.74) is 7.09. The maximum Gasteiger partial charge on any atom is 0.319 e. The van der Waals surface area contributed by atoms with Gasteiger partial charge in [0.15, 0.2) is 11.6 Å². The molecule has 2 aliphatic heterocycles. The second-order valence-electron chi connectivity index (χ2n) is 11.0. The summed E-state index contributed by atoms with van der Waals surface area (Å²) >= 11 is 0. The van der Waals surface area contributed by atoms with E-state index < -0.39 is 17.7 Å². The Morgan fingerprint density at radius 2 is 2.07 bits per heavy atom. The first-order chi connectivity index (χ1) is 20.8. The molecule has 2 aliphatic rings. The third-order valence-corrected chi connectivity index (χ3v) is 8.34. The molecule has 4 heterocycles. The standard InChI is InChI=1S/C31H31F2N7O3/c1-3-26(41)40-11-10-39(16-19(40)6-8-34)30-27-25(36-31(37-30)43-17-20-5-4-9-38(20)2)15-22(21-7-12-42-29(21)27)23-13-18(35)14-24(32)28(23)33/h3,7,12-15,19-20H,1,4-6,9-11,16-17,35H2,2H3/t19-,20-/m0/s1. The number of nitrogens with two attached hydrogens (primary N) is 1. The summed E-state index contributed by atoms with van der Waals surface area (Å²) in [6.07, 6.45) is 4.90. The molecule has 43 heavy (non-hydrogen) atoms. The number of nitrogens with zero attached hydrogens (tertiary/aromatic N) is 6. The van der Waals surface area contributed by atoms with Gasteiger partial charge >= 0.3 is 6.01 Å². The zero-order valence-electron chi connectivity index (χ0n) is 23.7. The van der Waals surface area contributed by atoms with Crippen molar-refractivity contribution in [2.24, 2.45) is 0 Å². The van der Waals surface area contributed by atoms with Gasteiger partial charge in [-0.15, -0.1) is 0 Å². The number of anilines is 2. The third kappa shape index (κ3) is 5.21. The fourth-order valence-corrected chi connectivity index (χ4v) is 6.11. The van der Waals surface area contributed by atoms with Crippen LogP contribution in [0.3, 0.4) is 0 Å². The van der Waals surface area contributed by atoms with Crippen molar-refractivity contribution >= 4 is 39.3 Å². The Hall–Kier alpha value is -4.76. The van der Waals surface area contributed by atoms with Crippen molar-refractivity contribution in [2.45, 2.75) is 31.3 Å². The second-order valence-corrected chi connectivity index (χ2v) is 11.0. The molecular weight excluding hydrogens is 556 g/mol. The van der Waals surface area contributed by atoms with Crippen LogP contribution in [0.2, 0.25) is 0 Å². The van der Waals surface area contributed by atoms with Gasteiger partial charge in [-0.1, -0.05) is 6.58 Å². The number of ether oxygens (including phenoxy) is 1. The molecule has 0 bridgehead atoms. The minimum atomic E-state index is -1.06. The molecule has 0 spiro atoms. The predicted octanol–water partition coefficient (Wildman–Crippen LogP) is 4.49. The van der Waals surface area contributed by atoms with E-state index in [1.807, 2.05) is 11.9 Å². The monoisotopic (exact) mass is 587 g/mol. The molecule has 2 fully saturated rings. The Labute approximate surface area is 246 Å². The molecule has 2 N–H and O–H groups in total. The number of fused-ring (bicyclic) bond motifs is 3. The number of carbonyl (C=O) groups excluding carboxylic acids is 1. The lowest BCUT2D eigenvalue weighted by atomic mass is 9.98. The molecule has 1 amide bonds. The minimum absolute atomic E-state index is 0.0216. The first-order valence-electron chi connectivity index (χ1n) is 14.1. The van der Waals surface area contributed by atoms with E-state index in [2.05, 4.69) is 17.5 Å². The molecule has 2 atom stereocenters. The van der Waals surface area contributed by atoms with Gasteiger partial charge in [0, 0.05) is 42.3 Å². The average molecular weight is 588 g/mol. The van der Waals surface area contributed by atoms with Crippen LogP contribution in [0.1, 0.15) is 19.3 Å². The van der Waals surface area contributed by atoms with Crippen LogP contribution in [-0.4, -0.2) is 77.6 Å². The number of nitriles is 1. The SMILES string of the molecule is C=CC(=O)N1CCN(c2nc(OC[C@@H]3CCCN3C)nc3cc(-c4cc(N)cc(F)c4F)c4ccoc4c23)C[C@@H]1CC#N. The number of carbonyl (C=O) groups is 1. The van der Waals surface area contributed by atoms with Crippen LogP contribution in [0.5, 0.6) is 6.01 Å². The van der Waals surface area contributed by atoms with Gasteiger partial charge < -0.3 is 29.6 Å². The van der Waals surface area contributed by atoms with Crippen molar-refractivity contribution in [3.8, 4) is 23.2 Å². The Balaban J connectivity index is 1.51. The van der Waals surface area contributed by atoms with Gasteiger partial charge in [0.25, 0.3) is 0 Å². The quantitative estimate of drug-likeness (QED) is 0.246. The number of hydrogen-bond donors (Lipinski definition) is 1. The average Bonchev–Trinajstić information content (AvgIpc) is 3.66. The van der Waals surface area contributed by atoms with E-state index in [1.165, 1.54) is 18.4 Å². The Morgan fingerprint density at radius 1 is 1.23 bits per heavy atom. The molecule has 2 aromatic heterocycles. The van der Waals surface area contributed by atoms with Gasteiger partial charge in [-0.3, -0.25) is 4.79 Å². The highest BCUT2D eigenvalue weighted by Crippen LogP contribution is 2.41. The smallest absolute Gasteiger partial charge is 0.319 e. The van der Waals surface area contributed by atoms with Gasteiger partial charge in [-0.05, 0) is 62.3 Å². The van der Waals surface area contributed by atoms with Crippen molar-refractivity contribution in [2.75, 3.05) is 50.5 Å². The van der Waals surface area contributed by atoms with E-state index >= 15 is 4.39 Å². The number of likely N-dealkylation sites (tertiary alicyclic amines) is 1. The van der Waals surface area contributed by atoms with E-state index in [0.717, 1.165) is 25.5 Å². The molecule has 222 valence electrons. The van der Waals surface area contributed by atoms with E-state index in [9.17, 15) is 14.4 Å². The highest BCUT2D eigenvalue weighted by Gasteiger charge is 2.32. The predicted molar refractivity (Wildman–Crippen MR) is 158 cm³/mol. The van der Waals surface area contributed by atoms with Gasteiger partial charge in [0.1, 0.15) is 18.0 Å². The maximum atomic E-state index is 15.1. The minimum Gasteiger partial charge on any atom is -0.463 e. The van der Waals surface area contributed by atoms with Crippen LogP contribution in [-0.2, 0) is 4.79 Å². The van der Waals surface area contributed by atoms with Crippen molar-refractivity contribution in [1.82, 2.24) is 19.8 Å². The first kappa shape index (κ1) is 28.4. The van der Waals surface area contributed by atoms with E-state index in [-0.39, 0.29) is 35.6 Å². The number of amides is 1. The number of aromatic nitrogens is 2. The largest absolute Gasteiger partial charge is 0.463 e. The summed E-state index contributed by atoms with van der Waals surface area (Å²) in [7, 11) is 2.05. The number of piperazine rings is 1. The summed E-state index contributed by atoms with van der Waals surface area (Å²) in [4.78, 5) is 27.9. The lowest BCUT2D eigenvalue weighted by Gasteiger charge is -2.41. The highest BCUT2D eigenvalue weighted by molar-refractivity contribution is 6.14. The van der Waals surface area contributed by atoms with Crippen molar-refractivity contribution in [1.29, 1.82) is 5.26 Å².